The van der Waals surface area contributed by atoms with Crippen LogP contribution in [0.15, 0.2) is 48.7 Å². The van der Waals surface area contributed by atoms with Gasteiger partial charge in [0.2, 0.25) is 0 Å². The molecule has 0 aliphatic carbocycles. The Balaban J connectivity index is 2.25. The van der Waals surface area contributed by atoms with Crippen LogP contribution in [-0.4, -0.2) is 32.4 Å². The molecule has 0 aliphatic heterocycles. The van der Waals surface area contributed by atoms with Crippen molar-refractivity contribution < 1.29 is 9.53 Å². The molecule has 3 aromatic rings. The number of carbonyl (C=O) groups is 1. The van der Waals surface area contributed by atoms with Gasteiger partial charge in [0.15, 0.2) is 0 Å². The zero-order chi connectivity index (χ0) is 18.2. The molecule has 0 radical (unpaired) electrons. The first-order valence-corrected chi connectivity index (χ1v) is 9.98. The maximum atomic E-state index is 13.1. The monoisotopic (exact) mass is 401 g/mol. The molecule has 0 N–H and O–H groups in total. The first kappa shape index (κ1) is 17.8. The van der Waals surface area contributed by atoms with E-state index >= 15 is 0 Å². The van der Waals surface area contributed by atoms with Gasteiger partial charge in [0.25, 0.3) is 0 Å². The normalized spacial score (nSPS) is 11.7. The van der Waals surface area contributed by atoms with Crippen LogP contribution in [0.5, 0.6) is 5.75 Å². The molecule has 0 saturated heterocycles. The van der Waals surface area contributed by atoms with Crippen molar-refractivity contribution in [2.24, 2.45) is 12.5 Å². The molecule has 0 fully saturated rings. The number of aryl methyl sites for hydroxylation is 1. The summed E-state index contributed by atoms with van der Waals surface area (Å²) in [4.78, 5) is 13.1. The summed E-state index contributed by atoms with van der Waals surface area (Å²) in [6, 6.07) is 14.5. The van der Waals surface area contributed by atoms with Crippen molar-refractivity contribution in [3.8, 4) is 5.75 Å². The quantitative estimate of drug-likeness (QED) is 0.498. The predicted octanol–water partition coefficient (Wildman–Crippen LogP) is 3.07. The van der Waals surface area contributed by atoms with Crippen LogP contribution in [-0.2, 0) is 7.05 Å². The molecule has 1 aromatic heterocycles. The van der Waals surface area contributed by atoms with Gasteiger partial charge in [0, 0.05) is 0 Å². The van der Waals surface area contributed by atoms with Crippen LogP contribution in [0.2, 0.25) is 0 Å². The molecular weight excluding hydrogens is 377 g/mol. The number of hydrogen-bond donors (Lipinski definition) is 0. The molecule has 0 unspecified atom stereocenters. The van der Waals surface area contributed by atoms with Crippen molar-refractivity contribution >= 4 is 40.6 Å². The summed E-state index contributed by atoms with van der Waals surface area (Å²) in [6.07, 6.45) is 1.95. The first-order valence-electron chi connectivity index (χ1n) is 8.26. The van der Waals surface area contributed by atoms with Crippen LogP contribution in [0.25, 0.3) is 10.9 Å². The Morgan fingerprint density at radius 3 is 2.36 bits per heavy atom. The zero-order valence-corrected chi connectivity index (χ0v) is 17.0. The van der Waals surface area contributed by atoms with E-state index in [1.165, 1.54) is 8.92 Å². The topological polar surface area (TPSA) is 31.2 Å². The van der Waals surface area contributed by atoms with Crippen molar-refractivity contribution in [2.75, 3.05) is 7.11 Å². The third kappa shape index (κ3) is 3.37. The molecule has 0 atom stereocenters. The standard InChI is InChI=1S/C21H23NO2Se/c1-21(2,3)20(23)15-13-22(4)19-16(24-5)11-12-17(18(15)19)25-14-9-7-6-8-10-14/h6-13H,1-5H3. The fraction of sp³-hybridized carbons (Fsp3) is 0.286. The van der Waals surface area contributed by atoms with Gasteiger partial charge in [-0.25, -0.2) is 0 Å². The van der Waals surface area contributed by atoms with Crippen LogP contribution in [0.4, 0.5) is 0 Å². The Bertz CT molecular complexity index is 920. The van der Waals surface area contributed by atoms with E-state index in [1.807, 2.05) is 50.7 Å². The number of methoxy groups -OCH3 is 1. The minimum atomic E-state index is -0.422. The summed E-state index contributed by atoms with van der Waals surface area (Å²) in [5, 5.41) is 1.03. The molecule has 0 amide bonds. The number of aromatic nitrogens is 1. The summed E-state index contributed by atoms with van der Waals surface area (Å²) < 4.78 is 10.1. The van der Waals surface area contributed by atoms with Gasteiger partial charge in [-0.05, 0) is 0 Å². The van der Waals surface area contributed by atoms with Crippen LogP contribution in [0, 0.1) is 5.41 Å². The molecule has 130 valence electrons. The Kier molecular flexibility index (Phi) is 4.77. The fourth-order valence-corrected chi connectivity index (χ4v) is 5.01. The first-order chi connectivity index (χ1) is 11.8. The average molecular weight is 400 g/mol. The van der Waals surface area contributed by atoms with Gasteiger partial charge in [-0.3, -0.25) is 0 Å². The van der Waals surface area contributed by atoms with Crippen molar-refractivity contribution in [3.63, 3.8) is 0 Å². The van der Waals surface area contributed by atoms with Crippen LogP contribution in [0.1, 0.15) is 31.1 Å². The number of ketones is 1. The summed E-state index contributed by atoms with van der Waals surface area (Å²) in [6.45, 7) is 5.91. The molecule has 25 heavy (non-hydrogen) atoms. The predicted molar refractivity (Wildman–Crippen MR) is 105 cm³/mol. The van der Waals surface area contributed by atoms with Gasteiger partial charge < -0.3 is 0 Å². The number of fused-ring (bicyclic) bond motifs is 1. The number of benzene rings is 2. The van der Waals surface area contributed by atoms with E-state index in [1.54, 1.807) is 7.11 Å². The van der Waals surface area contributed by atoms with Crippen molar-refractivity contribution in [1.29, 1.82) is 0 Å². The minimum absolute atomic E-state index is 0.125. The number of hydrogen-bond acceptors (Lipinski definition) is 2. The number of rotatable bonds is 4. The second-order valence-corrected chi connectivity index (χ2v) is 9.48. The summed E-state index contributed by atoms with van der Waals surface area (Å²) in [7, 11) is 3.65. The molecule has 2 aromatic carbocycles. The number of nitrogens with zero attached hydrogens (tertiary/aromatic N) is 1. The van der Waals surface area contributed by atoms with Gasteiger partial charge in [0.05, 0.1) is 0 Å². The molecule has 4 heteroatoms. The van der Waals surface area contributed by atoms with Crippen molar-refractivity contribution in [2.45, 2.75) is 20.8 Å². The molecule has 0 bridgehead atoms. The zero-order valence-electron chi connectivity index (χ0n) is 15.3. The van der Waals surface area contributed by atoms with E-state index in [-0.39, 0.29) is 20.7 Å². The van der Waals surface area contributed by atoms with Crippen molar-refractivity contribution in [3.05, 3.63) is 54.2 Å². The second kappa shape index (κ2) is 6.70. The Morgan fingerprint density at radius 2 is 1.76 bits per heavy atom. The van der Waals surface area contributed by atoms with E-state index in [0.717, 1.165) is 22.2 Å². The number of carbonyl (C=O) groups excluding carboxylic acids is 1. The van der Waals surface area contributed by atoms with Gasteiger partial charge in [0.1, 0.15) is 0 Å². The molecule has 1 heterocycles. The average Bonchev–Trinajstić information content (AvgIpc) is 2.93. The summed E-state index contributed by atoms with van der Waals surface area (Å²) in [5.41, 5.74) is 1.36. The molecule has 3 nitrogen and oxygen atoms in total. The van der Waals surface area contributed by atoms with Crippen LogP contribution in [0.3, 0.4) is 0 Å². The summed E-state index contributed by atoms with van der Waals surface area (Å²) >= 11 is 0.125. The van der Waals surface area contributed by atoms with Gasteiger partial charge in [-0.15, -0.1) is 0 Å². The Hall–Kier alpha value is -2.03. The summed E-state index contributed by atoms with van der Waals surface area (Å²) in [5.74, 6) is 0.967. The molecule has 0 saturated carbocycles. The van der Waals surface area contributed by atoms with Crippen LogP contribution < -0.4 is 13.7 Å². The molecule has 3 rings (SSSR count). The molecular formula is C21H23NO2Se. The third-order valence-electron chi connectivity index (χ3n) is 4.16. The van der Waals surface area contributed by atoms with Gasteiger partial charge in [-0.2, -0.15) is 0 Å². The SMILES string of the molecule is COc1ccc([Se]c2ccccc2)c2c(C(=O)C(C)(C)C)cn(C)c12. The van der Waals surface area contributed by atoms with E-state index in [0.29, 0.717) is 0 Å². The Labute approximate surface area is 155 Å². The third-order valence-corrected chi connectivity index (χ3v) is 6.40. The van der Waals surface area contributed by atoms with E-state index in [2.05, 4.69) is 30.3 Å². The second-order valence-electron chi connectivity index (χ2n) is 7.14. The van der Waals surface area contributed by atoms with Gasteiger partial charge in [-0.1, -0.05) is 0 Å². The van der Waals surface area contributed by atoms with Gasteiger partial charge >= 0.3 is 155 Å². The number of Topliss-reactive ketones (excluding diaryl/α,β-unsaturated/α-hetero) is 1. The molecule has 0 spiro atoms. The fourth-order valence-electron chi connectivity index (χ4n) is 2.93. The molecule has 0 aliphatic rings. The van der Waals surface area contributed by atoms with Crippen molar-refractivity contribution in [1.82, 2.24) is 4.57 Å². The Morgan fingerprint density at radius 1 is 1.08 bits per heavy atom. The van der Waals surface area contributed by atoms with E-state index in [4.69, 9.17) is 4.74 Å². The number of ether oxygens (including phenoxy) is 1. The van der Waals surface area contributed by atoms with Crippen LogP contribution >= 0.6 is 0 Å². The van der Waals surface area contributed by atoms with E-state index < -0.39 is 5.41 Å². The van der Waals surface area contributed by atoms with E-state index in [9.17, 15) is 4.79 Å². The maximum absolute atomic E-state index is 13.1.